The first-order valence-corrected chi connectivity index (χ1v) is 13.2. The second kappa shape index (κ2) is 10.2. The molecular formula is C20H28N2O7S2. The normalized spacial score (nSPS) is 16.5. The highest BCUT2D eigenvalue weighted by Crippen LogP contribution is 2.21. The lowest BCUT2D eigenvalue weighted by atomic mass is 10.0. The predicted molar refractivity (Wildman–Crippen MR) is 116 cm³/mol. The van der Waals surface area contributed by atoms with Crippen LogP contribution in [0.5, 0.6) is 0 Å². The SMILES string of the molecule is CS(=O)(=O)c1ccc(C(O)C(N)CNC(CO)C(O)c2ccc(S(C)(=O)=O)cc2)cc1. The molecule has 9 nitrogen and oxygen atoms in total. The number of aliphatic hydroxyl groups excluding tert-OH is 3. The first kappa shape index (κ1) is 25.4. The molecule has 2 aromatic rings. The molecule has 0 amide bonds. The number of hydrogen-bond donors (Lipinski definition) is 5. The molecule has 0 radical (unpaired) electrons. The summed E-state index contributed by atoms with van der Waals surface area (Å²) in [6.45, 7) is -0.389. The molecule has 0 aliphatic carbocycles. The number of nitrogens with two attached hydrogens (primary N) is 1. The van der Waals surface area contributed by atoms with Gasteiger partial charge in [0.05, 0.1) is 34.6 Å². The minimum Gasteiger partial charge on any atom is -0.395 e. The summed E-state index contributed by atoms with van der Waals surface area (Å²) in [6.07, 6.45) is -0.0789. The van der Waals surface area contributed by atoms with Crippen LogP contribution in [-0.4, -0.2) is 69.9 Å². The highest BCUT2D eigenvalue weighted by atomic mass is 32.2. The van der Waals surface area contributed by atoms with E-state index in [1.54, 1.807) is 0 Å². The van der Waals surface area contributed by atoms with Crippen LogP contribution in [0, 0.1) is 0 Å². The molecule has 0 aliphatic heterocycles. The van der Waals surface area contributed by atoms with E-state index in [9.17, 15) is 32.2 Å². The molecule has 0 saturated carbocycles. The lowest BCUT2D eigenvalue weighted by molar-refractivity contribution is 0.0821. The third kappa shape index (κ3) is 6.81. The second-order valence-electron chi connectivity index (χ2n) is 7.43. The standard InChI is InChI=1S/C20H28N2O7S2/c1-30(26,27)15-7-3-13(4-8-15)19(24)17(21)11-22-18(12-23)20(25)14-5-9-16(10-6-14)31(2,28)29/h3-10,17-20,22-25H,11-12,21H2,1-2H3. The van der Waals surface area contributed by atoms with Crippen LogP contribution >= 0.6 is 0 Å². The van der Waals surface area contributed by atoms with Gasteiger partial charge in [-0.05, 0) is 35.4 Å². The lowest BCUT2D eigenvalue weighted by Crippen LogP contribution is -2.46. The van der Waals surface area contributed by atoms with E-state index in [-0.39, 0.29) is 16.3 Å². The average molecular weight is 473 g/mol. The van der Waals surface area contributed by atoms with Gasteiger partial charge in [0.25, 0.3) is 0 Å². The first-order chi connectivity index (χ1) is 14.3. The van der Waals surface area contributed by atoms with Gasteiger partial charge in [-0.3, -0.25) is 0 Å². The van der Waals surface area contributed by atoms with Gasteiger partial charge < -0.3 is 26.4 Å². The molecule has 2 rings (SSSR count). The fourth-order valence-corrected chi connectivity index (χ4v) is 4.24. The predicted octanol–water partition coefficient (Wildman–Crippen LogP) is -0.462. The molecule has 0 spiro atoms. The zero-order valence-electron chi connectivity index (χ0n) is 17.2. The smallest absolute Gasteiger partial charge is 0.175 e. The van der Waals surface area contributed by atoms with Crippen molar-refractivity contribution in [3.05, 3.63) is 59.7 Å². The van der Waals surface area contributed by atoms with Gasteiger partial charge in [0.2, 0.25) is 0 Å². The summed E-state index contributed by atoms with van der Waals surface area (Å²) in [5.41, 5.74) is 6.86. The molecule has 2 aromatic carbocycles. The van der Waals surface area contributed by atoms with Gasteiger partial charge in [-0.25, -0.2) is 16.8 Å². The van der Waals surface area contributed by atoms with Crippen molar-refractivity contribution in [3.8, 4) is 0 Å². The molecule has 0 aromatic heterocycles. The van der Waals surface area contributed by atoms with E-state index in [2.05, 4.69) is 5.32 Å². The van der Waals surface area contributed by atoms with Gasteiger partial charge in [0.15, 0.2) is 19.7 Å². The maximum atomic E-state index is 11.5. The van der Waals surface area contributed by atoms with Crippen molar-refractivity contribution in [2.24, 2.45) is 5.73 Å². The monoisotopic (exact) mass is 472 g/mol. The minimum atomic E-state index is -3.36. The summed E-state index contributed by atoms with van der Waals surface area (Å²) in [5, 5.41) is 33.5. The van der Waals surface area contributed by atoms with E-state index in [0.717, 1.165) is 12.5 Å². The summed E-state index contributed by atoms with van der Waals surface area (Å²) in [4.78, 5) is 0.240. The molecule has 0 saturated heterocycles. The Bertz CT molecular complexity index is 1070. The number of benzene rings is 2. The highest BCUT2D eigenvalue weighted by Gasteiger charge is 2.24. The first-order valence-electron chi connectivity index (χ1n) is 9.40. The van der Waals surface area contributed by atoms with E-state index in [1.807, 2.05) is 0 Å². The van der Waals surface area contributed by atoms with Crippen LogP contribution in [0.3, 0.4) is 0 Å². The largest absolute Gasteiger partial charge is 0.395 e. The van der Waals surface area contributed by atoms with Gasteiger partial charge >= 0.3 is 0 Å². The second-order valence-corrected chi connectivity index (χ2v) is 11.5. The molecular weight excluding hydrogens is 444 g/mol. The number of rotatable bonds is 10. The van der Waals surface area contributed by atoms with Gasteiger partial charge in [-0.2, -0.15) is 0 Å². The summed E-state index contributed by atoms with van der Waals surface area (Å²) < 4.78 is 46.2. The molecule has 31 heavy (non-hydrogen) atoms. The van der Waals surface area contributed by atoms with Crippen molar-refractivity contribution in [1.29, 1.82) is 0 Å². The Hall–Kier alpha value is -1.86. The number of sulfone groups is 2. The fourth-order valence-electron chi connectivity index (χ4n) is 2.98. The number of aliphatic hydroxyl groups is 3. The lowest BCUT2D eigenvalue weighted by Gasteiger charge is -2.26. The van der Waals surface area contributed by atoms with E-state index in [0.29, 0.717) is 11.1 Å². The molecule has 0 heterocycles. The van der Waals surface area contributed by atoms with E-state index in [4.69, 9.17) is 5.73 Å². The third-order valence-electron chi connectivity index (χ3n) is 4.90. The average Bonchev–Trinajstić information content (AvgIpc) is 2.72. The van der Waals surface area contributed by atoms with Crippen LogP contribution in [-0.2, 0) is 19.7 Å². The van der Waals surface area contributed by atoms with E-state index < -0.39 is 50.6 Å². The maximum absolute atomic E-state index is 11.5. The van der Waals surface area contributed by atoms with Gasteiger partial charge in [0, 0.05) is 25.1 Å². The molecule has 11 heteroatoms. The Morgan fingerprint density at radius 1 is 0.806 bits per heavy atom. The number of hydrogen-bond acceptors (Lipinski definition) is 9. The molecule has 4 unspecified atom stereocenters. The van der Waals surface area contributed by atoms with Crippen molar-refractivity contribution in [2.75, 3.05) is 25.7 Å². The summed E-state index contributed by atoms with van der Waals surface area (Å²) in [7, 11) is -6.72. The summed E-state index contributed by atoms with van der Waals surface area (Å²) in [5.74, 6) is 0. The quantitative estimate of drug-likeness (QED) is 0.307. The van der Waals surface area contributed by atoms with Crippen LogP contribution in [0.25, 0.3) is 0 Å². The van der Waals surface area contributed by atoms with Crippen LogP contribution in [0.2, 0.25) is 0 Å². The van der Waals surface area contributed by atoms with Crippen molar-refractivity contribution in [1.82, 2.24) is 5.32 Å². The summed E-state index contributed by atoms with van der Waals surface area (Å²) in [6, 6.07) is 9.77. The Morgan fingerprint density at radius 3 is 1.55 bits per heavy atom. The Morgan fingerprint density at radius 2 is 1.19 bits per heavy atom. The van der Waals surface area contributed by atoms with Crippen LogP contribution in [0.1, 0.15) is 23.3 Å². The van der Waals surface area contributed by atoms with Crippen molar-refractivity contribution in [2.45, 2.75) is 34.1 Å². The minimum absolute atomic E-state index is 0.0404. The van der Waals surface area contributed by atoms with Crippen LogP contribution < -0.4 is 11.1 Å². The molecule has 172 valence electrons. The van der Waals surface area contributed by atoms with Crippen molar-refractivity contribution < 1.29 is 32.2 Å². The molecule has 4 atom stereocenters. The fraction of sp³-hybridized carbons (Fsp3) is 0.400. The maximum Gasteiger partial charge on any atom is 0.175 e. The zero-order chi connectivity index (χ0) is 23.4. The van der Waals surface area contributed by atoms with Gasteiger partial charge in [-0.15, -0.1) is 0 Å². The molecule has 0 bridgehead atoms. The zero-order valence-corrected chi connectivity index (χ0v) is 18.8. The molecule has 6 N–H and O–H groups in total. The number of nitrogens with one attached hydrogen (secondary N) is 1. The van der Waals surface area contributed by atoms with Gasteiger partial charge in [0.1, 0.15) is 0 Å². The summed E-state index contributed by atoms with van der Waals surface area (Å²) >= 11 is 0. The highest BCUT2D eigenvalue weighted by molar-refractivity contribution is 7.91. The Kier molecular flexibility index (Phi) is 8.34. The van der Waals surface area contributed by atoms with E-state index >= 15 is 0 Å². The van der Waals surface area contributed by atoms with Crippen molar-refractivity contribution >= 4 is 19.7 Å². The van der Waals surface area contributed by atoms with E-state index in [1.165, 1.54) is 48.5 Å². The Labute approximate surface area is 182 Å². The Balaban J connectivity index is 2.02. The van der Waals surface area contributed by atoms with Crippen LogP contribution in [0.15, 0.2) is 58.3 Å². The molecule has 0 fully saturated rings. The van der Waals surface area contributed by atoms with Crippen LogP contribution in [0.4, 0.5) is 0 Å². The molecule has 0 aliphatic rings. The third-order valence-corrected chi connectivity index (χ3v) is 7.16. The topological polar surface area (TPSA) is 167 Å². The van der Waals surface area contributed by atoms with Gasteiger partial charge in [-0.1, -0.05) is 24.3 Å². The van der Waals surface area contributed by atoms with Crippen molar-refractivity contribution in [3.63, 3.8) is 0 Å².